The van der Waals surface area contributed by atoms with E-state index in [-0.39, 0.29) is 32.0 Å². The van der Waals surface area contributed by atoms with E-state index >= 15 is 0 Å². The van der Waals surface area contributed by atoms with E-state index in [0.717, 1.165) is 83.5 Å². The van der Waals surface area contributed by atoms with Gasteiger partial charge in [-0.2, -0.15) is 0 Å². The molecule has 0 N–H and O–H groups in total. The molecule has 0 aliphatic heterocycles. The number of hydrogen-bond acceptors (Lipinski definition) is 8. The van der Waals surface area contributed by atoms with Crippen LogP contribution in [-0.4, -0.2) is 70.0 Å². The number of esters is 2. The van der Waals surface area contributed by atoms with Gasteiger partial charge in [-0.3, -0.25) is 14.2 Å². The second-order valence-electron chi connectivity index (χ2n) is 22.4. The van der Waals surface area contributed by atoms with E-state index in [0.29, 0.717) is 17.4 Å². The number of nitrogens with zero attached hydrogens (tertiary/aromatic N) is 1. The van der Waals surface area contributed by atoms with Crippen molar-refractivity contribution in [3.63, 3.8) is 0 Å². The van der Waals surface area contributed by atoms with Crippen molar-refractivity contribution in [3.05, 3.63) is 72.9 Å². The SMILES string of the molecule is CC/C=C\C/C=C\C/C=C\C/C=C\CCCCCCCCCCCCCCCCCCCCCCCCC(=O)OC(COC(=O)CCCCCCCCC/C=C\C/C=C\CCCCC)COP(=O)([O-])OCC[N+](C)(C)C. The topological polar surface area (TPSA) is 111 Å². The zero-order valence-electron chi connectivity index (χ0n) is 50.2. The summed E-state index contributed by atoms with van der Waals surface area (Å²) in [4.78, 5) is 37.9. The quantitative estimate of drug-likeness (QED) is 0.0195. The lowest BCUT2D eigenvalue weighted by atomic mass is 10.0. The molecule has 0 aromatic rings. The molecule has 0 heterocycles. The lowest BCUT2D eigenvalue weighted by Crippen LogP contribution is -2.37. The second-order valence-corrected chi connectivity index (χ2v) is 23.8. The number of phosphoric ester groups is 1. The largest absolute Gasteiger partial charge is 0.756 e. The maximum atomic E-state index is 12.8. The van der Waals surface area contributed by atoms with Crippen LogP contribution < -0.4 is 4.89 Å². The van der Waals surface area contributed by atoms with Gasteiger partial charge in [0.2, 0.25) is 0 Å². The predicted octanol–water partition coefficient (Wildman–Crippen LogP) is 19.4. The van der Waals surface area contributed by atoms with Gasteiger partial charge in [-0.1, -0.05) is 260 Å². The van der Waals surface area contributed by atoms with E-state index in [1.807, 2.05) is 21.1 Å². The average molecular weight is 1090 g/mol. The molecule has 76 heavy (non-hydrogen) atoms. The summed E-state index contributed by atoms with van der Waals surface area (Å²) in [5.41, 5.74) is 0. The highest BCUT2D eigenvalue weighted by atomic mass is 31.2. The van der Waals surface area contributed by atoms with Crippen molar-refractivity contribution in [1.29, 1.82) is 0 Å². The van der Waals surface area contributed by atoms with Crippen molar-refractivity contribution in [2.24, 2.45) is 0 Å². The lowest BCUT2D eigenvalue weighted by molar-refractivity contribution is -0.870. The van der Waals surface area contributed by atoms with Crippen molar-refractivity contribution < 1.29 is 42.1 Å². The summed E-state index contributed by atoms with van der Waals surface area (Å²) in [6, 6.07) is 0. The van der Waals surface area contributed by atoms with Crippen LogP contribution in [0.2, 0.25) is 0 Å². The van der Waals surface area contributed by atoms with Crippen LogP contribution in [0.3, 0.4) is 0 Å². The normalized spacial score (nSPS) is 13.7. The maximum absolute atomic E-state index is 12.8. The summed E-state index contributed by atoms with van der Waals surface area (Å²) in [6.45, 7) is 4.12. The van der Waals surface area contributed by atoms with Crippen LogP contribution in [0.4, 0.5) is 0 Å². The molecule has 442 valence electrons. The molecular formula is C66H120NO8P. The Kier molecular flexibility index (Phi) is 55.2. The number of allylic oxidation sites excluding steroid dienone is 12. The molecule has 0 spiro atoms. The summed E-state index contributed by atoms with van der Waals surface area (Å²) < 4.78 is 34.2. The molecule has 10 heteroatoms. The van der Waals surface area contributed by atoms with Gasteiger partial charge < -0.3 is 27.9 Å². The summed E-state index contributed by atoms with van der Waals surface area (Å²) in [5, 5.41) is 0. The van der Waals surface area contributed by atoms with E-state index in [1.165, 1.54) is 167 Å². The number of carbonyl (C=O) groups is 2. The average Bonchev–Trinajstić information content (AvgIpc) is 3.38. The number of carbonyl (C=O) groups excluding carboxylic acids is 2. The molecular weight excluding hydrogens is 966 g/mol. The van der Waals surface area contributed by atoms with E-state index in [9.17, 15) is 19.0 Å². The Morgan fingerprint density at radius 1 is 0.421 bits per heavy atom. The number of hydrogen-bond donors (Lipinski definition) is 0. The van der Waals surface area contributed by atoms with Crippen LogP contribution >= 0.6 is 7.82 Å². The van der Waals surface area contributed by atoms with Gasteiger partial charge in [0, 0.05) is 12.8 Å². The molecule has 0 bridgehead atoms. The number of unbranched alkanes of at least 4 members (excludes halogenated alkanes) is 32. The molecule has 0 saturated heterocycles. The monoisotopic (exact) mass is 1090 g/mol. The molecule has 0 saturated carbocycles. The van der Waals surface area contributed by atoms with Crippen molar-refractivity contribution in [2.45, 2.75) is 290 Å². The zero-order chi connectivity index (χ0) is 55.6. The van der Waals surface area contributed by atoms with Gasteiger partial charge in [0.15, 0.2) is 6.10 Å². The highest BCUT2D eigenvalue weighted by Gasteiger charge is 2.22. The van der Waals surface area contributed by atoms with E-state index < -0.39 is 26.5 Å². The van der Waals surface area contributed by atoms with Gasteiger partial charge in [0.1, 0.15) is 19.8 Å². The number of phosphoric acid groups is 1. The molecule has 0 rings (SSSR count). The third-order valence-corrected chi connectivity index (χ3v) is 14.7. The highest BCUT2D eigenvalue weighted by Crippen LogP contribution is 2.38. The van der Waals surface area contributed by atoms with Crippen LogP contribution in [0, 0.1) is 0 Å². The summed E-state index contributed by atoms with van der Waals surface area (Å²) >= 11 is 0. The Hall–Kier alpha value is -2.55. The molecule has 0 aromatic carbocycles. The maximum Gasteiger partial charge on any atom is 0.306 e. The molecule has 9 nitrogen and oxygen atoms in total. The number of rotatable bonds is 58. The van der Waals surface area contributed by atoms with Gasteiger partial charge in [-0.05, 0) is 83.5 Å². The van der Waals surface area contributed by atoms with Crippen molar-refractivity contribution >= 4 is 19.8 Å². The first-order chi connectivity index (χ1) is 37.0. The minimum Gasteiger partial charge on any atom is -0.756 e. The Morgan fingerprint density at radius 2 is 0.750 bits per heavy atom. The van der Waals surface area contributed by atoms with Gasteiger partial charge in [-0.25, -0.2) is 0 Å². The Morgan fingerprint density at radius 3 is 1.12 bits per heavy atom. The Bertz CT molecular complexity index is 1510. The first-order valence-electron chi connectivity index (χ1n) is 31.6. The van der Waals surface area contributed by atoms with Crippen LogP contribution in [0.25, 0.3) is 0 Å². The standard InChI is InChI=1S/C66H120NO8P/c1-6-8-10-12-14-16-18-20-22-24-25-26-27-28-29-30-31-32-33-34-35-36-37-38-39-40-41-43-45-47-49-51-53-55-57-59-66(69)75-64(63-74-76(70,71)73-61-60-67(3,4)5)62-72-65(68)58-56-54-52-50-48-46-44-42-23-21-19-17-15-13-11-9-7-2/h8,10,14-17,20-23,25-26,64H,6-7,9,11-13,18-19,24,27-63H2,1-5H3/b10-8-,16-14-,17-15-,22-20-,23-21-,26-25-. The fourth-order valence-electron chi connectivity index (χ4n) is 8.86. The van der Waals surface area contributed by atoms with E-state index in [2.05, 4.69) is 86.8 Å². The molecule has 0 aliphatic carbocycles. The van der Waals surface area contributed by atoms with Crippen molar-refractivity contribution in [2.75, 3.05) is 47.5 Å². The molecule has 2 atom stereocenters. The molecule has 0 amide bonds. The molecule has 0 radical (unpaired) electrons. The van der Waals surface area contributed by atoms with E-state index in [4.69, 9.17) is 18.5 Å². The minimum absolute atomic E-state index is 0.0324. The minimum atomic E-state index is -4.64. The molecule has 0 aliphatic rings. The van der Waals surface area contributed by atoms with Crippen LogP contribution in [0.15, 0.2) is 72.9 Å². The van der Waals surface area contributed by atoms with Gasteiger partial charge in [0.05, 0.1) is 27.7 Å². The fourth-order valence-corrected chi connectivity index (χ4v) is 9.58. The first-order valence-corrected chi connectivity index (χ1v) is 33.1. The predicted molar refractivity (Wildman–Crippen MR) is 323 cm³/mol. The molecule has 0 fully saturated rings. The van der Waals surface area contributed by atoms with E-state index in [1.54, 1.807) is 0 Å². The summed E-state index contributed by atoms with van der Waals surface area (Å²) in [6.07, 6.45) is 75.4. The summed E-state index contributed by atoms with van der Waals surface area (Å²) in [7, 11) is 1.17. The fraction of sp³-hybridized carbons (Fsp3) is 0.788. The number of quaternary nitrogens is 1. The first kappa shape index (κ1) is 73.5. The van der Waals surface area contributed by atoms with Gasteiger partial charge >= 0.3 is 11.9 Å². The Labute approximate surface area is 469 Å². The summed E-state index contributed by atoms with van der Waals surface area (Å²) in [5.74, 6) is -0.833. The molecule has 0 aromatic heterocycles. The van der Waals surface area contributed by atoms with Crippen molar-refractivity contribution in [3.8, 4) is 0 Å². The Balaban J connectivity index is 3.99. The third-order valence-electron chi connectivity index (χ3n) is 13.7. The van der Waals surface area contributed by atoms with Gasteiger partial charge in [0.25, 0.3) is 7.82 Å². The molecule has 2 unspecified atom stereocenters. The number of ether oxygens (including phenoxy) is 2. The lowest BCUT2D eigenvalue weighted by Gasteiger charge is -2.28. The van der Waals surface area contributed by atoms with Gasteiger partial charge in [-0.15, -0.1) is 0 Å². The highest BCUT2D eigenvalue weighted by molar-refractivity contribution is 7.45. The van der Waals surface area contributed by atoms with Crippen LogP contribution in [0.5, 0.6) is 0 Å². The zero-order valence-corrected chi connectivity index (χ0v) is 51.1. The van der Waals surface area contributed by atoms with Crippen LogP contribution in [0.1, 0.15) is 284 Å². The van der Waals surface area contributed by atoms with Crippen molar-refractivity contribution in [1.82, 2.24) is 0 Å². The number of likely N-dealkylation sites (N-methyl/N-ethyl adjacent to an activating group) is 1. The third kappa shape index (κ3) is 60.7. The second kappa shape index (κ2) is 57.1. The van der Waals surface area contributed by atoms with Crippen LogP contribution in [-0.2, 0) is 32.7 Å². The smallest absolute Gasteiger partial charge is 0.306 e.